The largest absolute Gasteiger partial charge is 0.443 e. The van der Waals surface area contributed by atoms with Crippen LogP contribution in [0.25, 0.3) is 0 Å². The van der Waals surface area contributed by atoms with Crippen molar-refractivity contribution >= 4 is 35.5 Å². The minimum Gasteiger partial charge on any atom is -0.443 e. The fourth-order valence-electron chi connectivity index (χ4n) is 1.88. The molecule has 1 N–H and O–H groups in total. The monoisotopic (exact) mass is 388 g/mol. The molecular formula is C16H25ClN4O5. The molecule has 3 amide bonds. The van der Waals surface area contributed by atoms with Crippen molar-refractivity contribution in [2.75, 3.05) is 11.9 Å². The van der Waals surface area contributed by atoms with Crippen LogP contribution in [0.2, 0.25) is 5.15 Å². The van der Waals surface area contributed by atoms with E-state index >= 15 is 0 Å². The summed E-state index contributed by atoms with van der Waals surface area (Å²) in [4.78, 5) is 41.7. The Bertz CT molecular complexity index is 687. The van der Waals surface area contributed by atoms with E-state index in [1.165, 1.54) is 18.7 Å². The summed E-state index contributed by atoms with van der Waals surface area (Å²) in [7, 11) is 2.87. The molecule has 10 heteroatoms. The molecule has 1 rings (SSSR count). The summed E-state index contributed by atoms with van der Waals surface area (Å²) >= 11 is 6.11. The summed E-state index contributed by atoms with van der Waals surface area (Å²) in [6.45, 7) is 9.91. The number of rotatable bonds is 2. The molecule has 0 fully saturated rings. The van der Waals surface area contributed by atoms with E-state index in [0.717, 1.165) is 0 Å². The second-order valence-electron chi connectivity index (χ2n) is 7.48. The van der Waals surface area contributed by atoms with Gasteiger partial charge in [0.05, 0.1) is 0 Å². The van der Waals surface area contributed by atoms with Crippen LogP contribution in [0.1, 0.15) is 52.2 Å². The zero-order valence-electron chi connectivity index (χ0n) is 16.3. The molecule has 1 aromatic heterocycles. The lowest BCUT2D eigenvalue weighted by Crippen LogP contribution is -2.44. The van der Waals surface area contributed by atoms with Crippen LogP contribution < -0.4 is 10.2 Å². The molecule has 26 heavy (non-hydrogen) atoms. The minimum atomic E-state index is -1.000. The number of halogens is 1. The van der Waals surface area contributed by atoms with Gasteiger partial charge in [0.25, 0.3) is 5.91 Å². The van der Waals surface area contributed by atoms with Crippen molar-refractivity contribution in [3.63, 3.8) is 0 Å². The second-order valence-corrected chi connectivity index (χ2v) is 7.84. The van der Waals surface area contributed by atoms with Gasteiger partial charge in [-0.2, -0.15) is 4.90 Å². The van der Waals surface area contributed by atoms with E-state index in [9.17, 15) is 14.4 Å². The number of imide groups is 1. The normalized spacial score (nSPS) is 11.7. The molecule has 0 spiro atoms. The van der Waals surface area contributed by atoms with Gasteiger partial charge in [-0.05, 0) is 41.5 Å². The van der Waals surface area contributed by atoms with Gasteiger partial charge in [-0.25, -0.2) is 14.6 Å². The third-order valence-corrected chi connectivity index (χ3v) is 3.07. The number of hydrogen-bond acceptors (Lipinski definition) is 6. The van der Waals surface area contributed by atoms with Crippen LogP contribution in [-0.2, 0) is 16.5 Å². The first kappa shape index (κ1) is 21.8. The molecule has 0 aliphatic carbocycles. The molecule has 146 valence electrons. The van der Waals surface area contributed by atoms with Crippen molar-refractivity contribution < 1.29 is 23.9 Å². The van der Waals surface area contributed by atoms with E-state index in [2.05, 4.69) is 10.3 Å². The quantitative estimate of drug-likeness (QED) is 0.834. The molecule has 0 atom stereocenters. The summed E-state index contributed by atoms with van der Waals surface area (Å²) in [6.07, 6.45) is -2.00. The zero-order chi connectivity index (χ0) is 20.4. The van der Waals surface area contributed by atoms with E-state index in [-0.39, 0.29) is 16.8 Å². The minimum absolute atomic E-state index is 0.0791. The first-order chi connectivity index (χ1) is 11.7. The lowest BCUT2D eigenvalue weighted by Gasteiger charge is -2.28. The van der Waals surface area contributed by atoms with E-state index in [1.54, 1.807) is 41.5 Å². The number of carbonyl (C=O) groups is 3. The Morgan fingerprint density at radius 2 is 1.46 bits per heavy atom. The number of amides is 3. The predicted octanol–water partition coefficient (Wildman–Crippen LogP) is 3.11. The SMILES string of the molecule is CNC(=O)c1nc(Cl)c(N(C(=O)OC(C)(C)C)C(=O)OC(C)(C)C)n1C. The van der Waals surface area contributed by atoms with Crippen molar-refractivity contribution in [2.24, 2.45) is 7.05 Å². The van der Waals surface area contributed by atoms with Gasteiger partial charge in [-0.1, -0.05) is 11.6 Å². The number of ether oxygens (including phenoxy) is 2. The highest BCUT2D eigenvalue weighted by Gasteiger charge is 2.37. The maximum Gasteiger partial charge on any atom is 0.425 e. The zero-order valence-corrected chi connectivity index (χ0v) is 17.0. The second kappa shape index (κ2) is 7.53. The molecule has 1 heterocycles. The average Bonchev–Trinajstić information content (AvgIpc) is 2.71. The summed E-state index contributed by atoms with van der Waals surface area (Å²) < 4.78 is 11.8. The summed E-state index contributed by atoms with van der Waals surface area (Å²) in [6, 6.07) is 0. The fraction of sp³-hybridized carbons (Fsp3) is 0.625. The van der Waals surface area contributed by atoms with Gasteiger partial charge in [0.1, 0.15) is 11.2 Å². The topological polar surface area (TPSA) is 103 Å². The lowest BCUT2D eigenvalue weighted by molar-refractivity contribution is 0.0427. The number of nitrogens with zero attached hydrogens (tertiary/aromatic N) is 3. The van der Waals surface area contributed by atoms with Crippen molar-refractivity contribution in [2.45, 2.75) is 52.7 Å². The van der Waals surface area contributed by atoms with Crippen molar-refractivity contribution in [1.82, 2.24) is 14.9 Å². The third-order valence-electron chi connectivity index (χ3n) is 2.82. The fourth-order valence-corrected chi connectivity index (χ4v) is 2.17. The van der Waals surface area contributed by atoms with Gasteiger partial charge in [0, 0.05) is 14.1 Å². The molecule has 0 aromatic carbocycles. The summed E-state index contributed by atoms with van der Waals surface area (Å²) in [5.74, 6) is -0.743. The number of aromatic nitrogens is 2. The van der Waals surface area contributed by atoms with Crippen LogP contribution >= 0.6 is 11.6 Å². The maximum absolute atomic E-state index is 12.6. The Morgan fingerprint density at radius 1 is 1.04 bits per heavy atom. The number of nitrogens with one attached hydrogen (secondary N) is 1. The molecule has 0 radical (unpaired) electrons. The maximum atomic E-state index is 12.6. The lowest BCUT2D eigenvalue weighted by atomic mass is 10.2. The first-order valence-corrected chi connectivity index (χ1v) is 8.26. The molecule has 0 saturated heterocycles. The molecule has 0 aliphatic rings. The molecule has 0 unspecified atom stereocenters. The van der Waals surface area contributed by atoms with Crippen LogP contribution in [0.15, 0.2) is 0 Å². The highest BCUT2D eigenvalue weighted by molar-refractivity contribution is 6.33. The summed E-state index contributed by atoms with van der Waals surface area (Å²) in [5.41, 5.74) is -1.74. The van der Waals surface area contributed by atoms with Crippen LogP contribution in [-0.4, -0.2) is 45.9 Å². The molecule has 0 aliphatic heterocycles. The van der Waals surface area contributed by atoms with Gasteiger partial charge in [-0.3, -0.25) is 4.79 Å². The third kappa shape index (κ3) is 5.35. The van der Waals surface area contributed by atoms with E-state index in [0.29, 0.717) is 4.90 Å². The first-order valence-electron chi connectivity index (χ1n) is 7.88. The van der Waals surface area contributed by atoms with Crippen molar-refractivity contribution in [3.05, 3.63) is 11.0 Å². The number of imidazole rings is 1. The van der Waals surface area contributed by atoms with E-state index in [4.69, 9.17) is 21.1 Å². The van der Waals surface area contributed by atoms with Gasteiger partial charge in [-0.15, -0.1) is 0 Å². The number of carbonyl (C=O) groups excluding carboxylic acids is 3. The molecule has 9 nitrogen and oxygen atoms in total. The molecule has 0 saturated carbocycles. The molecule has 1 aromatic rings. The van der Waals surface area contributed by atoms with Crippen LogP contribution in [0.5, 0.6) is 0 Å². The van der Waals surface area contributed by atoms with Gasteiger partial charge in [0.15, 0.2) is 11.0 Å². The molecule has 0 bridgehead atoms. The van der Waals surface area contributed by atoms with Gasteiger partial charge >= 0.3 is 12.2 Å². The van der Waals surface area contributed by atoms with Crippen LogP contribution in [0.4, 0.5) is 15.4 Å². The Hall–Kier alpha value is -2.29. The predicted molar refractivity (Wildman–Crippen MR) is 96.6 cm³/mol. The summed E-state index contributed by atoms with van der Waals surface area (Å²) in [5, 5.41) is 2.19. The Labute approximate surface area is 157 Å². The van der Waals surface area contributed by atoms with E-state index < -0.39 is 29.3 Å². The Morgan fingerprint density at radius 3 is 1.81 bits per heavy atom. The number of hydrogen-bond donors (Lipinski definition) is 1. The van der Waals surface area contributed by atoms with Crippen LogP contribution in [0, 0.1) is 0 Å². The van der Waals surface area contributed by atoms with Crippen LogP contribution in [0.3, 0.4) is 0 Å². The smallest absolute Gasteiger partial charge is 0.425 e. The Balaban J connectivity index is 3.46. The van der Waals surface area contributed by atoms with Crippen molar-refractivity contribution in [1.29, 1.82) is 0 Å². The van der Waals surface area contributed by atoms with Crippen molar-refractivity contribution in [3.8, 4) is 0 Å². The van der Waals surface area contributed by atoms with Gasteiger partial charge in [0.2, 0.25) is 5.82 Å². The van der Waals surface area contributed by atoms with Gasteiger partial charge < -0.3 is 19.4 Å². The average molecular weight is 389 g/mol. The van der Waals surface area contributed by atoms with E-state index in [1.807, 2.05) is 0 Å². The standard InChI is InChI=1S/C16H25ClN4O5/c1-15(2,3)25-13(23)21(14(24)26-16(4,5)6)12-9(17)19-10(20(12)8)11(22)18-7/h1-8H3,(H,18,22). The highest BCUT2D eigenvalue weighted by Crippen LogP contribution is 2.29. The highest BCUT2D eigenvalue weighted by atomic mass is 35.5. The number of anilines is 1. The molecular weight excluding hydrogens is 364 g/mol. The Kier molecular flexibility index (Phi) is 6.30.